The predicted octanol–water partition coefficient (Wildman–Crippen LogP) is 2.62. The van der Waals surface area contributed by atoms with E-state index in [0.29, 0.717) is 11.4 Å². The van der Waals surface area contributed by atoms with Gasteiger partial charge in [0.2, 0.25) is 5.91 Å². The van der Waals surface area contributed by atoms with Crippen LogP contribution in [0, 0.1) is 3.57 Å². The van der Waals surface area contributed by atoms with E-state index < -0.39 is 0 Å². The van der Waals surface area contributed by atoms with Gasteiger partial charge in [0.25, 0.3) is 0 Å². The van der Waals surface area contributed by atoms with Gasteiger partial charge in [0.05, 0.1) is 10.7 Å². The number of carbonyl (C=O) groups is 1. The standard InChI is InChI=1S/C10H12ClIN2O/c1-2-8(10(13)15)14-9-4-3-6(12)5-7(9)11/h3-5,8,14H,2H2,1H3,(H2,13,15). The van der Waals surface area contributed by atoms with E-state index in [2.05, 4.69) is 27.9 Å². The molecule has 5 heteroatoms. The molecule has 1 aromatic rings. The Bertz CT molecular complexity index is 370. The maximum Gasteiger partial charge on any atom is 0.239 e. The number of hydrogen-bond acceptors (Lipinski definition) is 2. The maximum absolute atomic E-state index is 11.0. The van der Waals surface area contributed by atoms with Gasteiger partial charge < -0.3 is 11.1 Å². The maximum atomic E-state index is 11.0. The summed E-state index contributed by atoms with van der Waals surface area (Å²) in [6, 6.07) is 5.22. The molecule has 0 bridgehead atoms. The van der Waals surface area contributed by atoms with Crippen molar-refractivity contribution >= 4 is 45.8 Å². The summed E-state index contributed by atoms with van der Waals surface area (Å²) in [7, 11) is 0. The minimum absolute atomic E-state index is 0.368. The van der Waals surface area contributed by atoms with Gasteiger partial charge in [-0.15, -0.1) is 0 Å². The molecule has 0 fully saturated rings. The van der Waals surface area contributed by atoms with E-state index in [0.717, 1.165) is 9.26 Å². The van der Waals surface area contributed by atoms with Gasteiger partial charge in [-0.1, -0.05) is 18.5 Å². The minimum atomic E-state index is -0.373. The highest BCUT2D eigenvalue weighted by Crippen LogP contribution is 2.24. The highest BCUT2D eigenvalue weighted by atomic mass is 127. The molecular formula is C10H12ClIN2O. The summed E-state index contributed by atoms with van der Waals surface area (Å²) in [5.74, 6) is -0.368. The van der Waals surface area contributed by atoms with Crippen molar-refractivity contribution in [3.8, 4) is 0 Å². The molecule has 1 unspecified atom stereocenters. The van der Waals surface area contributed by atoms with Crippen molar-refractivity contribution in [3.63, 3.8) is 0 Å². The molecule has 3 N–H and O–H groups in total. The number of carbonyl (C=O) groups excluding carboxylic acids is 1. The number of halogens is 2. The van der Waals surface area contributed by atoms with Crippen LogP contribution in [0.2, 0.25) is 5.02 Å². The van der Waals surface area contributed by atoms with Gasteiger partial charge in [-0.25, -0.2) is 0 Å². The van der Waals surface area contributed by atoms with Crippen molar-refractivity contribution in [2.75, 3.05) is 5.32 Å². The van der Waals surface area contributed by atoms with Crippen molar-refractivity contribution in [2.24, 2.45) is 5.73 Å². The molecule has 1 atom stereocenters. The zero-order chi connectivity index (χ0) is 11.4. The second kappa shape index (κ2) is 5.55. The van der Waals surface area contributed by atoms with Crippen LogP contribution in [0.15, 0.2) is 18.2 Å². The average Bonchev–Trinajstić information content (AvgIpc) is 2.16. The second-order valence-corrected chi connectivity index (χ2v) is 4.78. The number of nitrogens with two attached hydrogens (primary N) is 1. The highest BCUT2D eigenvalue weighted by Gasteiger charge is 2.13. The summed E-state index contributed by atoms with van der Waals surface area (Å²) in [5.41, 5.74) is 5.97. The van der Waals surface area contributed by atoms with Crippen LogP contribution in [0.25, 0.3) is 0 Å². The van der Waals surface area contributed by atoms with Crippen LogP contribution in [0.5, 0.6) is 0 Å². The summed E-state index contributed by atoms with van der Waals surface area (Å²) in [5, 5.41) is 3.61. The van der Waals surface area contributed by atoms with Gasteiger partial charge in [-0.05, 0) is 47.2 Å². The first-order valence-corrected chi connectivity index (χ1v) is 6.01. The van der Waals surface area contributed by atoms with Crippen molar-refractivity contribution in [1.29, 1.82) is 0 Å². The van der Waals surface area contributed by atoms with Crippen LogP contribution in [0.1, 0.15) is 13.3 Å². The molecule has 0 aliphatic carbocycles. The van der Waals surface area contributed by atoms with E-state index >= 15 is 0 Å². The zero-order valence-electron chi connectivity index (χ0n) is 8.26. The molecule has 82 valence electrons. The van der Waals surface area contributed by atoms with E-state index in [1.54, 1.807) is 0 Å². The Morgan fingerprint density at radius 2 is 2.33 bits per heavy atom. The smallest absolute Gasteiger partial charge is 0.239 e. The van der Waals surface area contributed by atoms with E-state index in [4.69, 9.17) is 17.3 Å². The Morgan fingerprint density at radius 1 is 1.67 bits per heavy atom. The lowest BCUT2D eigenvalue weighted by atomic mass is 10.2. The molecule has 3 nitrogen and oxygen atoms in total. The SMILES string of the molecule is CCC(Nc1ccc(I)cc1Cl)C(N)=O. The van der Waals surface area contributed by atoms with Gasteiger partial charge in [0.1, 0.15) is 6.04 Å². The molecule has 0 radical (unpaired) electrons. The number of nitrogens with one attached hydrogen (secondary N) is 1. The van der Waals surface area contributed by atoms with Crippen molar-refractivity contribution < 1.29 is 4.79 Å². The van der Waals surface area contributed by atoms with Gasteiger partial charge in [-0.3, -0.25) is 4.79 Å². The monoisotopic (exact) mass is 338 g/mol. The Kier molecular flexibility index (Phi) is 4.66. The largest absolute Gasteiger partial charge is 0.372 e. The lowest BCUT2D eigenvalue weighted by Gasteiger charge is -2.15. The molecule has 1 rings (SSSR count). The molecule has 15 heavy (non-hydrogen) atoms. The molecule has 0 heterocycles. The van der Waals surface area contributed by atoms with E-state index in [-0.39, 0.29) is 11.9 Å². The lowest BCUT2D eigenvalue weighted by Crippen LogP contribution is -2.34. The predicted molar refractivity (Wildman–Crippen MR) is 71.1 cm³/mol. The molecule has 0 saturated carbocycles. The van der Waals surface area contributed by atoms with Crippen molar-refractivity contribution in [1.82, 2.24) is 0 Å². The van der Waals surface area contributed by atoms with Crippen LogP contribution in [-0.2, 0) is 4.79 Å². The third-order valence-electron chi connectivity index (χ3n) is 2.01. The van der Waals surface area contributed by atoms with Crippen molar-refractivity contribution in [2.45, 2.75) is 19.4 Å². The number of amides is 1. The number of benzene rings is 1. The first kappa shape index (κ1) is 12.6. The fourth-order valence-electron chi connectivity index (χ4n) is 1.17. The molecular weight excluding hydrogens is 326 g/mol. The second-order valence-electron chi connectivity index (χ2n) is 3.13. The summed E-state index contributed by atoms with van der Waals surface area (Å²) in [6.45, 7) is 1.89. The molecule has 0 aliphatic heterocycles. The third kappa shape index (κ3) is 3.53. The molecule has 1 aromatic carbocycles. The van der Waals surface area contributed by atoms with Gasteiger partial charge >= 0.3 is 0 Å². The molecule has 0 aromatic heterocycles. The molecule has 0 spiro atoms. The lowest BCUT2D eigenvalue weighted by molar-refractivity contribution is -0.118. The Hall–Kier alpha value is -0.490. The van der Waals surface area contributed by atoms with E-state index in [9.17, 15) is 4.79 Å². The van der Waals surface area contributed by atoms with Crippen LogP contribution in [0.4, 0.5) is 5.69 Å². The van der Waals surface area contributed by atoms with Gasteiger partial charge in [0, 0.05) is 3.57 Å². The normalized spacial score (nSPS) is 12.2. The minimum Gasteiger partial charge on any atom is -0.372 e. The quantitative estimate of drug-likeness (QED) is 0.829. The Labute approximate surface area is 108 Å². The first-order chi connectivity index (χ1) is 7.04. The van der Waals surface area contributed by atoms with Crippen molar-refractivity contribution in [3.05, 3.63) is 26.8 Å². The fourth-order valence-corrected chi connectivity index (χ4v) is 2.08. The topological polar surface area (TPSA) is 55.1 Å². The number of hydrogen-bond donors (Lipinski definition) is 2. The summed E-state index contributed by atoms with van der Waals surface area (Å²) in [6.07, 6.45) is 0.637. The molecule has 0 saturated heterocycles. The highest BCUT2D eigenvalue weighted by molar-refractivity contribution is 14.1. The van der Waals surface area contributed by atoms with Crippen LogP contribution in [-0.4, -0.2) is 11.9 Å². The molecule has 0 aliphatic rings. The Morgan fingerprint density at radius 3 is 2.80 bits per heavy atom. The first-order valence-electron chi connectivity index (χ1n) is 4.55. The van der Waals surface area contributed by atoms with Crippen LogP contribution < -0.4 is 11.1 Å². The van der Waals surface area contributed by atoms with Gasteiger partial charge in [-0.2, -0.15) is 0 Å². The van der Waals surface area contributed by atoms with E-state index in [1.807, 2.05) is 25.1 Å². The summed E-state index contributed by atoms with van der Waals surface area (Å²) < 4.78 is 1.05. The summed E-state index contributed by atoms with van der Waals surface area (Å²) in [4.78, 5) is 11.0. The van der Waals surface area contributed by atoms with E-state index in [1.165, 1.54) is 0 Å². The fraction of sp³-hybridized carbons (Fsp3) is 0.300. The molecule has 1 amide bonds. The number of anilines is 1. The zero-order valence-corrected chi connectivity index (χ0v) is 11.2. The number of rotatable bonds is 4. The Balaban J connectivity index is 2.84. The van der Waals surface area contributed by atoms with Gasteiger partial charge in [0.15, 0.2) is 0 Å². The number of primary amides is 1. The van der Waals surface area contributed by atoms with Crippen LogP contribution in [0.3, 0.4) is 0 Å². The summed E-state index contributed by atoms with van der Waals surface area (Å²) >= 11 is 8.19. The average molecular weight is 339 g/mol. The third-order valence-corrected chi connectivity index (χ3v) is 3.00. The van der Waals surface area contributed by atoms with Crippen LogP contribution >= 0.6 is 34.2 Å².